The first-order chi connectivity index (χ1) is 14.8. The molecule has 5 nitrogen and oxygen atoms in total. The van der Waals surface area contributed by atoms with Crippen molar-refractivity contribution in [3.8, 4) is 11.1 Å². The lowest BCUT2D eigenvalue weighted by molar-refractivity contribution is 0.244. The largest absolute Gasteiger partial charge is 0.327 e. The molecule has 2 heterocycles. The van der Waals surface area contributed by atoms with Crippen LogP contribution in [0.5, 0.6) is 0 Å². The van der Waals surface area contributed by atoms with E-state index in [0.717, 1.165) is 34.4 Å². The van der Waals surface area contributed by atoms with Crippen LogP contribution >= 0.6 is 0 Å². The number of hydrogen-bond acceptors (Lipinski definition) is 2. The summed E-state index contributed by atoms with van der Waals surface area (Å²) < 4.78 is 0. The van der Waals surface area contributed by atoms with Crippen molar-refractivity contribution in [2.75, 3.05) is 11.4 Å². The zero-order chi connectivity index (χ0) is 20.3. The monoisotopic (exact) mass is 394 g/mol. The van der Waals surface area contributed by atoms with Crippen LogP contribution in [0.4, 0.5) is 10.5 Å². The Morgan fingerprint density at radius 1 is 0.933 bits per heavy atom. The molecular formula is C25H22N4O. The normalized spacial score (nSPS) is 12.8. The number of carbonyl (C=O) groups excluding carboxylic acids is 1. The minimum atomic E-state index is -0.200. The van der Waals surface area contributed by atoms with Gasteiger partial charge in [-0.3, -0.25) is 10.00 Å². The van der Waals surface area contributed by atoms with Gasteiger partial charge in [0.05, 0.1) is 12.2 Å². The summed E-state index contributed by atoms with van der Waals surface area (Å²) >= 11 is 0. The number of aromatic amines is 1. The predicted molar refractivity (Wildman–Crippen MR) is 118 cm³/mol. The van der Waals surface area contributed by atoms with E-state index in [0.29, 0.717) is 6.54 Å². The number of aromatic nitrogens is 2. The summed E-state index contributed by atoms with van der Waals surface area (Å²) in [6.07, 6.45) is 4.53. The van der Waals surface area contributed by atoms with Crippen LogP contribution in [0.1, 0.15) is 22.7 Å². The molecular weight excluding hydrogens is 372 g/mol. The number of nitrogens with one attached hydrogen (secondary N) is 2. The molecule has 0 unspecified atom stereocenters. The Morgan fingerprint density at radius 3 is 2.27 bits per heavy atom. The molecule has 2 N–H and O–H groups in total. The minimum absolute atomic E-state index is 0.0810. The molecule has 0 saturated heterocycles. The molecule has 4 aromatic rings. The molecule has 148 valence electrons. The summed E-state index contributed by atoms with van der Waals surface area (Å²) in [5.74, 6) is 0. The topological polar surface area (TPSA) is 61.0 Å². The number of rotatable bonds is 4. The summed E-state index contributed by atoms with van der Waals surface area (Å²) in [4.78, 5) is 15.1. The van der Waals surface area contributed by atoms with Gasteiger partial charge >= 0.3 is 6.03 Å². The van der Waals surface area contributed by atoms with Crippen LogP contribution < -0.4 is 10.2 Å². The Bertz CT molecular complexity index is 1100. The van der Waals surface area contributed by atoms with E-state index >= 15 is 0 Å². The Labute approximate surface area is 175 Å². The highest BCUT2D eigenvalue weighted by molar-refractivity contribution is 5.95. The highest BCUT2D eigenvalue weighted by Crippen LogP contribution is 2.33. The van der Waals surface area contributed by atoms with Crippen LogP contribution in [0, 0.1) is 0 Å². The van der Waals surface area contributed by atoms with Crippen LogP contribution in [-0.2, 0) is 6.42 Å². The van der Waals surface area contributed by atoms with Gasteiger partial charge in [0.15, 0.2) is 0 Å². The van der Waals surface area contributed by atoms with E-state index in [2.05, 4.69) is 21.6 Å². The van der Waals surface area contributed by atoms with Crippen molar-refractivity contribution in [1.29, 1.82) is 0 Å². The number of H-pyrrole nitrogens is 1. The molecule has 3 aromatic carbocycles. The van der Waals surface area contributed by atoms with E-state index in [9.17, 15) is 4.79 Å². The number of benzene rings is 3. The summed E-state index contributed by atoms with van der Waals surface area (Å²) in [7, 11) is 0. The Morgan fingerprint density at radius 2 is 1.63 bits per heavy atom. The molecule has 1 aliphatic heterocycles. The minimum Gasteiger partial charge on any atom is -0.327 e. The number of amides is 2. The maximum absolute atomic E-state index is 13.3. The Kier molecular flexibility index (Phi) is 4.77. The van der Waals surface area contributed by atoms with Crippen LogP contribution in [0.25, 0.3) is 11.1 Å². The van der Waals surface area contributed by atoms with Gasteiger partial charge in [-0.25, -0.2) is 4.79 Å². The number of hydrogen-bond donors (Lipinski definition) is 2. The molecule has 0 fully saturated rings. The van der Waals surface area contributed by atoms with Crippen molar-refractivity contribution >= 4 is 11.7 Å². The Balaban J connectivity index is 1.41. The van der Waals surface area contributed by atoms with Crippen molar-refractivity contribution in [3.05, 3.63) is 108 Å². The van der Waals surface area contributed by atoms with Gasteiger partial charge in [0.1, 0.15) is 0 Å². The summed E-state index contributed by atoms with van der Waals surface area (Å²) in [5, 5.41) is 10.1. The second kappa shape index (κ2) is 7.87. The van der Waals surface area contributed by atoms with E-state index in [1.807, 2.05) is 90.1 Å². The van der Waals surface area contributed by atoms with E-state index in [4.69, 9.17) is 0 Å². The number of anilines is 1. The molecule has 1 aromatic heterocycles. The molecule has 0 radical (unpaired) electrons. The van der Waals surface area contributed by atoms with Gasteiger partial charge in [0.25, 0.3) is 0 Å². The highest BCUT2D eigenvalue weighted by atomic mass is 16.2. The predicted octanol–water partition coefficient (Wildman–Crippen LogP) is 4.94. The van der Waals surface area contributed by atoms with E-state index in [-0.39, 0.29) is 12.1 Å². The molecule has 0 saturated carbocycles. The molecule has 0 atom stereocenters. The average Bonchev–Trinajstić information content (AvgIpc) is 3.48. The lowest BCUT2D eigenvalue weighted by Crippen LogP contribution is -2.41. The van der Waals surface area contributed by atoms with Gasteiger partial charge in [-0.2, -0.15) is 5.10 Å². The lowest BCUT2D eigenvalue weighted by atomic mass is 9.99. The van der Waals surface area contributed by atoms with Crippen molar-refractivity contribution in [2.45, 2.75) is 12.5 Å². The molecule has 0 bridgehead atoms. The SMILES string of the molecule is O=C(NC(c1ccccc1)c1ccccc1)N1CCc2cc(-c3cn[nH]c3)ccc21. The van der Waals surface area contributed by atoms with Crippen molar-refractivity contribution in [3.63, 3.8) is 0 Å². The third-order valence-electron chi connectivity index (χ3n) is 5.59. The van der Waals surface area contributed by atoms with Gasteiger partial charge in [0, 0.05) is 24.0 Å². The van der Waals surface area contributed by atoms with Gasteiger partial charge in [-0.1, -0.05) is 66.7 Å². The standard InChI is InChI=1S/C25H22N4O/c30-25(28-24(18-7-3-1-4-8-18)19-9-5-2-6-10-19)29-14-13-21-15-20(11-12-23(21)29)22-16-26-27-17-22/h1-12,15-17,24H,13-14H2,(H,26,27)(H,28,30). The maximum Gasteiger partial charge on any atom is 0.322 e. The van der Waals surface area contributed by atoms with Gasteiger partial charge in [0.2, 0.25) is 0 Å². The van der Waals surface area contributed by atoms with Crippen LogP contribution in [0.3, 0.4) is 0 Å². The summed E-state index contributed by atoms with van der Waals surface area (Å²) in [6.45, 7) is 0.673. The van der Waals surface area contributed by atoms with Crippen LogP contribution in [0.15, 0.2) is 91.3 Å². The number of fused-ring (bicyclic) bond motifs is 1. The molecule has 5 rings (SSSR count). The van der Waals surface area contributed by atoms with Gasteiger partial charge in [-0.05, 0) is 40.8 Å². The number of carbonyl (C=O) groups is 1. The third-order valence-corrected chi connectivity index (χ3v) is 5.59. The summed E-state index contributed by atoms with van der Waals surface area (Å²) in [6, 6.07) is 26.1. The fraction of sp³-hybridized carbons (Fsp3) is 0.120. The van der Waals surface area contributed by atoms with Crippen molar-refractivity contribution in [2.24, 2.45) is 0 Å². The molecule has 30 heavy (non-hydrogen) atoms. The fourth-order valence-corrected chi connectivity index (χ4v) is 4.05. The smallest absolute Gasteiger partial charge is 0.322 e. The van der Waals surface area contributed by atoms with E-state index < -0.39 is 0 Å². The van der Waals surface area contributed by atoms with Crippen LogP contribution in [0.2, 0.25) is 0 Å². The first-order valence-corrected chi connectivity index (χ1v) is 10.1. The first kappa shape index (κ1) is 18.2. The molecule has 2 amide bonds. The molecule has 0 spiro atoms. The van der Waals surface area contributed by atoms with Crippen LogP contribution in [-0.4, -0.2) is 22.8 Å². The molecule has 1 aliphatic rings. The second-order valence-electron chi connectivity index (χ2n) is 7.44. The molecule has 5 heteroatoms. The van der Waals surface area contributed by atoms with Gasteiger partial charge in [-0.15, -0.1) is 0 Å². The lowest BCUT2D eigenvalue weighted by Gasteiger charge is -2.24. The first-order valence-electron chi connectivity index (χ1n) is 10.1. The second-order valence-corrected chi connectivity index (χ2v) is 7.44. The zero-order valence-electron chi connectivity index (χ0n) is 16.5. The fourth-order valence-electron chi connectivity index (χ4n) is 4.05. The van der Waals surface area contributed by atoms with E-state index in [1.165, 1.54) is 5.56 Å². The number of urea groups is 1. The quantitative estimate of drug-likeness (QED) is 0.515. The highest BCUT2D eigenvalue weighted by Gasteiger charge is 2.27. The molecule has 0 aliphatic carbocycles. The number of nitrogens with zero attached hydrogens (tertiary/aromatic N) is 2. The van der Waals surface area contributed by atoms with Gasteiger partial charge < -0.3 is 5.32 Å². The zero-order valence-corrected chi connectivity index (χ0v) is 16.5. The van der Waals surface area contributed by atoms with Crippen molar-refractivity contribution in [1.82, 2.24) is 15.5 Å². The van der Waals surface area contributed by atoms with Crippen molar-refractivity contribution < 1.29 is 4.79 Å². The maximum atomic E-state index is 13.3. The Hall–Kier alpha value is -3.86. The average molecular weight is 394 g/mol. The summed E-state index contributed by atoms with van der Waals surface area (Å²) in [5.41, 5.74) is 6.43. The third kappa shape index (κ3) is 3.46. The van der Waals surface area contributed by atoms with E-state index in [1.54, 1.807) is 0 Å².